The number of hydrogen-bond donors (Lipinski definition) is 0. The number of thiophene rings is 1. The first kappa shape index (κ1) is 21.7. The van der Waals surface area contributed by atoms with Crippen LogP contribution in [0.1, 0.15) is 36.6 Å². The van der Waals surface area contributed by atoms with Crippen molar-refractivity contribution in [1.82, 2.24) is 14.5 Å². The van der Waals surface area contributed by atoms with E-state index in [9.17, 15) is 0 Å². The van der Waals surface area contributed by atoms with E-state index in [-0.39, 0.29) is 11.7 Å². The Balaban J connectivity index is 1.74. The zero-order valence-corrected chi connectivity index (χ0v) is 19.9. The zero-order valence-electron chi connectivity index (χ0n) is 17.4. The fraction of sp³-hybridized carbons (Fsp3) is 0.174. The second-order valence-electron chi connectivity index (χ2n) is 7.14. The molecule has 4 heterocycles. The van der Waals surface area contributed by atoms with Crippen molar-refractivity contribution in [2.75, 3.05) is 0 Å². The number of nitriles is 1. The van der Waals surface area contributed by atoms with Gasteiger partial charge < -0.3 is 4.57 Å². The summed E-state index contributed by atoms with van der Waals surface area (Å²) < 4.78 is 3.43. The van der Waals surface area contributed by atoms with Gasteiger partial charge in [-0.15, -0.1) is 34.0 Å². The molecular weight excluding hydrogens is 456 g/mol. The standard InChI is InChI=1S/C23H16N6S3/c1-13(2)29-18-8-21(23-28-12-17(31-23)7-15(10-24)26-5)32-20(18)9-19(29)22-27-11-16(30-22)6-14(3)25-4/h6-9,11-13H,1-3H3/b14-6-,15-7+. The highest BCUT2D eigenvalue weighted by Gasteiger charge is 2.19. The third-order valence-corrected chi connectivity index (χ3v) is 7.71. The molecule has 0 aromatic carbocycles. The summed E-state index contributed by atoms with van der Waals surface area (Å²) in [5, 5.41) is 10.8. The third-order valence-electron chi connectivity index (χ3n) is 4.56. The minimum Gasteiger partial charge on any atom is -0.335 e. The fourth-order valence-corrected chi connectivity index (χ4v) is 6.16. The summed E-state index contributed by atoms with van der Waals surface area (Å²) in [5.41, 5.74) is 2.89. The van der Waals surface area contributed by atoms with Crippen molar-refractivity contribution in [3.05, 3.63) is 68.5 Å². The predicted molar refractivity (Wildman–Crippen MR) is 133 cm³/mol. The molecule has 0 aliphatic heterocycles. The lowest BCUT2D eigenvalue weighted by Gasteiger charge is -2.12. The Hall–Kier alpha value is -3.55. The molecule has 32 heavy (non-hydrogen) atoms. The average Bonchev–Trinajstić information content (AvgIpc) is 3.53. The summed E-state index contributed by atoms with van der Waals surface area (Å²) in [6.07, 6.45) is 6.94. The van der Waals surface area contributed by atoms with Crippen LogP contribution in [0.25, 0.3) is 52.6 Å². The van der Waals surface area contributed by atoms with Crippen molar-refractivity contribution in [1.29, 1.82) is 5.26 Å². The summed E-state index contributed by atoms with van der Waals surface area (Å²) in [6.45, 7) is 20.2. The van der Waals surface area contributed by atoms with Crippen LogP contribution in [-0.4, -0.2) is 14.5 Å². The maximum atomic E-state index is 8.97. The van der Waals surface area contributed by atoms with E-state index in [0.717, 1.165) is 40.6 Å². The highest BCUT2D eigenvalue weighted by Crippen LogP contribution is 2.42. The number of allylic oxidation sites excluding steroid dienone is 2. The Bertz CT molecular complexity index is 1490. The van der Waals surface area contributed by atoms with Gasteiger partial charge in [-0.2, -0.15) is 0 Å². The van der Waals surface area contributed by atoms with Crippen LogP contribution in [0.4, 0.5) is 0 Å². The van der Waals surface area contributed by atoms with E-state index in [4.69, 9.17) is 18.4 Å². The topological polar surface area (TPSA) is 63.2 Å². The van der Waals surface area contributed by atoms with Crippen molar-refractivity contribution >= 4 is 56.4 Å². The molecule has 4 rings (SSSR count). The second kappa shape index (κ2) is 8.90. The SMILES string of the molecule is [C-]#[N+]/C(C)=C\c1cnc(-c2cc3sc(-c4ncc(/C=C(\C#N)[N+]#[C-])s4)cc3n2C(C)C)s1. The van der Waals surface area contributed by atoms with E-state index in [2.05, 4.69) is 50.2 Å². The van der Waals surface area contributed by atoms with Gasteiger partial charge in [0.15, 0.2) is 5.70 Å². The summed E-state index contributed by atoms with van der Waals surface area (Å²) in [6, 6.07) is 6.44. The van der Waals surface area contributed by atoms with E-state index < -0.39 is 0 Å². The Morgan fingerprint density at radius 1 is 1.06 bits per heavy atom. The van der Waals surface area contributed by atoms with Crippen LogP contribution in [0.5, 0.6) is 0 Å². The van der Waals surface area contributed by atoms with Crippen LogP contribution < -0.4 is 0 Å². The van der Waals surface area contributed by atoms with Crippen molar-refractivity contribution in [3.8, 4) is 26.7 Å². The molecule has 0 saturated carbocycles. The Morgan fingerprint density at radius 2 is 1.75 bits per heavy atom. The predicted octanol–water partition coefficient (Wildman–Crippen LogP) is 7.59. The first-order chi connectivity index (χ1) is 15.4. The van der Waals surface area contributed by atoms with Gasteiger partial charge in [-0.25, -0.2) is 24.9 Å². The van der Waals surface area contributed by atoms with Crippen molar-refractivity contribution in [2.45, 2.75) is 26.8 Å². The van der Waals surface area contributed by atoms with Gasteiger partial charge in [0, 0.05) is 28.2 Å². The van der Waals surface area contributed by atoms with Gasteiger partial charge in [0.05, 0.1) is 40.0 Å². The lowest BCUT2D eigenvalue weighted by molar-refractivity contribution is 0.629. The van der Waals surface area contributed by atoms with Crippen molar-refractivity contribution in [2.24, 2.45) is 0 Å². The van der Waals surface area contributed by atoms with Crippen LogP contribution in [0, 0.1) is 24.5 Å². The van der Waals surface area contributed by atoms with Crippen LogP contribution in [-0.2, 0) is 0 Å². The van der Waals surface area contributed by atoms with Gasteiger partial charge in [-0.05, 0) is 45.1 Å². The number of fused-ring (bicyclic) bond motifs is 1. The molecule has 0 spiro atoms. The molecule has 156 valence electrons. The fourth-order valence-electron chi connectivity index (χ4n) is 3.24. The molecule has 0 fully saturated rings. The summed E-state index contributed by atoms with van der Waals surface area (Å²) >= 11 is 4.72. The molecule has 0 aliphatic carbocycles. The Morgan fingerprint density at radius 3 is 2.41 bits per heavy atom. The third kappa shape index (κ3) is 4.12. The van der Waals surface area contributed by atoms with E-state index in [1.165, 1.54) is 11.3 Å². The molecule has 0 unspecified atom stereocenters. The lowest BCUT2D eigenvalue weighted by atomic mass is 10.3. The molecule has 4 aromatic rings. The highest BCUT2D eigenvalue weighted by atomic mass is 32.1. The number of nitrogens with zero attached hydrogens (tertiary/aromatic N) is 6. The highest BCUT2D eigenvalue weighted by molar-refractivity contribution is 7.26. The maximum absolute atomic E-state index is 8.97. The quantitative estimate of drug-likeness (QED) is 0.222. The molecule has 0 bridgehead atoms. The van der Waals surface area contributed by atoms with Crippen LogP contribution in [0.15, 0.2) is 35.9 Å². The van der Waals surface area contributed by atoms with Crippen LogP contribution in [0.2, 0.25) is 0 Å². The Kier molecular flexibility index (Phi) is 6.03. The lowest BCUT2D eigenvalue weighted by Crippen LogP contribution is -2.01. The molecule has 9 heteroatoms. The largest absolute Gasteiger partial charge is 0.335 e. The zero-order chi connectivity index (χ0) is 22.8. The van der Waals surface area contributed by atoms with Gasteiger partial charge in [-0.3, -0.25) is 0 Å². The van der Waals surface area contributed by atoms with Crippen molar-refractivity contribution in [3.63, 3.8) is 0 Å². The van der Waals surface area contributed by atoms with E-state index in [1.54, 1.807) is 41.9 Å². The average molecular weight is 473 g/mol. The van der Waals surface area contributed by atoms with Crippen LogP contribution >= 0.6 is 34.0 Å². The smallest absolute Gasteiger partial charge is 0.263 e. The first-order valence-corrected chi connectivity index (χ1v) is 12.0. The van der Waals surface area contributed by atoms with E-state index in [0.29, 0.717) is 5.70 Å². The summed E-state index contributed by atoms with van der Waals surface area (Å²) in [4.78, 5) is 18.6. The molecule has 0 amide bonds. The molecule has 6 nitrogen and oxygen atoms in total. The number of rotatable bonds is 5. The second-order valence-corrected chi connectivity index (χ2v) is 10.3. The molecule has 0 atom stereocenters. The van der Waals surface area contributed by atoms with E-state index >= 15 is 0 Å². The van der Waals surface area contributed by atoms with Crippen molar-refractivity contribution < 1.29 is 0 Å². The van der Waals surface area contributed by atoms with Gasteiger partial charge in [0.25, 0.3) is 5.70 Å². The minimum absolute atomic E-state index is 0.0525. The van der Waals surface area contributed by atoms with Gasteiger partial charge in [-0.1, -0.05) is 0 Å². The molecule has 0 radical (unpaired) electrons. The van der Waals surface area contributed by atoms with Gasteiger partial charge in [0.2, 0.25) is 0 Å². The van der Waals surface area contributed by atoms with Crippen LogP contribution in [0.3, 0.4) is 0 Å². The van der Waals surface area contributed by atoms with Gasteiger partial charge >= 0.3 is 0 Å². The normalized spacial score (nSPS) is 12.2. The molecule has 0 aliphatic rings. The summed E-state index contributed by atoms with van der Waals surface area (Å²) in [5.74, 6) is 0. The van der Waals surface area contributed by atoms with E-state index in [1.807, 2.05) is 18.3 Å². The Labute approximate surface area is 197 Å². The monoisotopic (exact) mass is 472 g/mol. The number of aromatic nitrogens is 3. The molecule has 0 N–H and O–H groups in total. The summed E-state index contributed by atoms with van der Waals surface area (Å²) in [7, 11) is 0. The number of thiazole rings is 2. The minimum atomic E-state index is 0.0525. The first-order valence-electron chi connectivity index (χ1n) is 9.55. The molecular formula is C23H16N6S3. The van der Waals surface area contributed by atoms with Gasteiger partial charge in [0.1, 0.15) is 10.0 Å². The maximum Gasteiger partial charge on any atom is 0.263 e. The molecule has 0 saturated heterocycles. The molecule has 4 aromatic heterocycles. The number of hydrogen-bond acceptors (Lipinski definition) is 6.